The van der Waals surface area contributed by atoms with Gasteiger partial charge in [0.2, 0.25) is 0 Å². The second-order valence-corrected chi connectivity index (χ2v) is 9.64. The predicted octanol–water partition coefficient (Wildman–Crippen LogP) is 8.02. The minimum Gasteiger partial charge on any atom is -0.348 e. The van der Waals surface area contributed by atoms with Crippen LogP contribution in [0.2, 0.25) is 0 Å². The molecule has 0 amide bonds. The van der Waals surface area contributed by atoms with Crippen LogP contribution in [0.15, 0.2) is 36.4 Å². The van der Waals surface area contributed by atoms with Crippen molar-refractivity contribution < 1.29 is 9.47 Å². The smallest absolute Gasteiger partial charge is 0.183 e. The van der Waals surface area contributed by atoms with E-state index >= 15 is 0 Å². The highest BCUT2D eigenvalue weighted by Crippen LogP contribution is 2.32. The van der Waals surface area contributed by atoms with Crippen LogP contribution >= 0.6 is 0 Å². The van der Waals surface area contributed by atoms with E-state index in [0.29, 0.717) is 5.92 Å². The first-order valence-electron chi connectivity index (χ1n) is 12.8. The van der Waals surface area contributed by atoms with Crippen LogP contribution in [0.3, 0.4) is 0 Å². The Kier molecular flexibility index (Phi) is 10.5. The number of unbranched alkanes of at least 4 members (excludes halogenated alkanes) is 2. The van der Waals surface area contributed by atoms with E-state index in [1.807, 2.05) is 0 Å². The highest BCUT2D eigenvalue weighted by Gasteiger charge is 2.23. The average molecular weight is 413 g/mol. The maximum atomic E-state index is 6.00. The lowest BCUT2D eigenvalue weighted by atomic mass is 9.80. The average Bonchev–Trinajstić information content (AvgIpc) is 2.79. The van der Waals surface area contributed by atoms with E-state index in [0.717, 1.165) is 43.5 Å². The summed E-state index contributed by atoms with van der Waals surface area (Å²) in [4.78, 5) is 0. The Morgan fingerprint density at radius 3 is 2.23 bits per heavy atom. The zero-order valence-corrected chi connectivity index (χ0v) is 19.5. The molecule has 0 bridgehead atoms. The SMILES string of the molecule is CCCCCC1COC(c2ccc(CCC=CC3CCC(CCC)CC3)cc2)OC1. The van der Waals surface area contributed by atoms with Gasteiger partial charge in [-0.3, -0.25) is 0 Å². The standard InChI is InChI=1S/C28H44O2/c1-3-5-6-12-26-21-29-28(30-22-26)27-19-17-25(18-20-27)11-8-7-10-24-15-13-23(9-4-2)14-16-24/h7,10,17-20,23-24,26,28H,3-6,8-9,11-16,21-22H2,1-2H3. The van der Waals surface area contributed by atoms with E-state index in [9.17, 15) is 0 Å². The van der Waals surface area contributed by atoms with Gasteiger partial charge in [0.05, 0.1) is 13.2 Å². The molecule has 0 radical (unpaired) electrons. The van der Waals surface area contributed by atoms with Crippen LogP contribution in [0.4, 0.5) is 0 Å². The second kappa shape index (κ2) is 13.3. The molecule has 2 aliphatic rings. The van der Waals surface area contributed by atoms with Crippen LogP contribution in [0.1, 0.15) is 102 Å². The number of allylic oxidation sites excluding steroid dienone is 2. The van der Waals surface area contributed by atoms with E-state index in [-0.39, 0.29) is 6.29 Å². The van der Waals surface area contributed by atoms with Crippen LogP contribution < -0.4 is 0 Å². The molecule has 1 aromatic rings. The number of aryl methyl sites for hydroxylation is 1. The van der Waals surface area contributed by atoms with Crippen molar-refractivity contribution in [2.45, 2.75) is 97.2 Å². The van der Waals surface area contributed by atoms with Gasteiger partial charge < -0.3 is 9.47 Å². The summed E-state index contributed by atoms with van der Waals surface area (Å²) >= 11 is 0. The van der Waals surface area contributed by atoms with Crippen molar-refractivity contribution in [3.05, 3.63) is 47.5 Å². The van der Waals surface area contributed by atoms with Crippen LogP contribution in [-0.4, -0.2) is 13.2 Å². The number of hydrogen-bond acceptors (Lipinski definition) is 2. The lowest BCUT2D eigenvalue weighted by Crippen LogP contribution is -2.27. The second-order valence-electron chi connectivity index (χ2n) is 9.64. The largest absolute Gasteiger partial charge is 0.348 e. The van der Waals surface area contributed by atoms with Gasteiger partial charge in [0.15, 0.2) is 6.29 Å². The molecule has 1 heterocycles. The molecule has 2 heteroatoms. The van der Waals surface area contributed by atoms with Crippen molar-refractivity contribution in [2.75, 3.05) is 13.2 Å². The minimum atomic E-state index is -0.177. The number of rotatable bonds is 11. The van der Waals surface area contributed by atoms with Crippen LogP contribution in [0.25, 0.3) is 0 Å². The monoisotopic (exact) mass is 412 g/mol. The molecule has 1 aliphatic heterocycles. The summed E-state index contributed by atoms with van der Waals surface area (Å²) in [5.41, 5.74) is 2.56. The fourth-order valence-electron chi connectivity index (χ4n) is 5.04. The topological polar surface area (TPSA) is 18.5 Å². The summed E-state index contributed by atoms with van der Waals surface area (Å²) in [6.07, 6.45) is 20.6. The number of ether oxygens (including phenoxy) is 2. The molecule has 3 rings (SSSR count). The van der Waals surface area contributed by atoms with Crippen molar-refractivity contribution in [3.8, 4) is 0 Å². The predicted molar refractivity (Wildman–Crippen MR) is 127 cm³/mol. The van der Waals surface area contributed by atoms with Gasteiger partial charge in [-0.1, -0.05) is 82.4 Å². The molecule has 1 aromatic carbocycles. The van der Waals surface area contributed by atoms with Crippen molar-refractivity contribution in [1.29, 1.82) is 0 Å². The summed E-state index contributed by atoms with van der Waals surface area (Å²) in [6, 6.07) is 8.88. The summed E-state index contributed by atoms with van der Waals surface area (Å²) < 4.78 is 12.0. The van der Waals surface area contributed by atoms with Gasteiger partial charge in [0.25, 0.3) is 0 Å². The first kappa shape index (κ1) is 23.5. The molecule has 0 spiro atoms. The van der Waals surface area contributed by atoms with E-state index in [1.165, 1.54) is 69.8 Å². The molecule has 0 unspecified atom stereocenters. The minimum absolute atomic E-state index is 0.177. The van der Waals surface area contributed by atoms with Gasteiger partial charge in [-0.15, -0.1) is 0 Å². The summed E-state index contributed by atoms with van der Waals surface area (Å²) in [6.45, 7) is 6.24. The molecule has 0 aromatic heterocycles. The molecule has 2 nitrogen and oxygen atoms in total. The van der Waals surface area contributed by atoms with Crippen molar-refractivity contribution in [1.82, 2.24) is 0 Å². The Morgan fingerprint density at radius 2 is 1.57 bits per heavy atom. The molecule has 1 saturated heterocycles. The Bertz CT molecular complexity index is 590. The number of hydrogen-bond donors (Lipinski definition) is 0. The van der Waals surface area contributed by atoms with Gasteiger partial charge in [-0.05, 0) is 62.3 Å². The normalized spacial score (nSPS) is 27.5. The molecule has 0 N–H and O–H groups in total. The molecule has 168 valence electrons. The maximum Gasteiger partial charge on any atom is 0.183 e. The Balaban J connectivity index is 1.33. The van der Waals surface area contributed by atoms with Crippen LogP contribution in [-0.2, 0) is 15.9 Å². The third-order valence-corrected chi connectivity index (χ3v) is 7.03. The lowest BCUT2D eigenvalue weighted by molar-refractivity contribution is -0.206. The van der Waals surface area contributed by atoms with Gasteiger partial charge in [-0.25, -0.2) is 0 Å². The van der Waals surface area contributed by atoms with E-state index in [4.69, 9.17) is 9.47 Å². The van der Waals surface area contributed by atoms with E-state index < -0.39 is 0 Å². The Labute approximate surface area is 185 Å². The van der Waals surface area contributed by atoms with Gasteiger partial charge in [-0.2, -0.15) is 0 Å². The molecule has 0 atom stereocenters. The van der Waals surface area contributed by atoms with E-state index in [2.05, 4.69) is 50.3 Å². The number of benzene rings is 1. The Morgan fingerprint density at radius 1 is 0.833 bits per heavy atom. The molecule has 30 heavy (non-hydrogen) atoms. The third kappa shape index (κ3) is 7.85. The van der Waals surface area contributed by atoms with E-state index in [1.54, 1.807) is 0 Å². The first-order chi connectivity index (χ1) is 14.8. The maximum absolute atomic E-state index is 6.00. The third-order valence-electron chi connectivity index (χ3n) is 7.03. The fraction of sp³-hybridized carbons (Fsp3) is 0.714. The molecular formula is C28H44O2. The zero-order chi connectivity index (χ0) is 21.0. The molecular weight excluding hydrogens is 368 g/mol. The summed E-state index contributed by atoms with van der Waals surface area (Å²) in [5.74, 6) is 2.40. The first-order valence-corrected chi connectivity index (χ1v) is 12.8. The summed E-state index contributed by atoms with van der Waals surface area (Å²) in [7, 11) is 0. The van der Waals surface area contributed by atoms with Crippen molar-refractivity contribution in [3.63, 3.8) is 0 Å². The molecule has 2 fully saturated rings. The Hall–Kier alpha value is -1.12. The summed E-state index contributed by atoms with van der Waals surface area (Å²) in [5, 5.41) is 0. The molecule has 1 aliphatic carbocycles. The van der Waals surface area contributed by atoms with Gasteiger partial charge >= 0.3 is 0 Å². The quantitative estimate of drug-likeness (QED) is 0.270. The van der Waals surface area contributed by atoms with Crippen LogP contribution in [0, 0.1) is 17.8 Å². The molecule has 1 saturated carbocycles. The lowest BCUT2D eigenvalue weighted by Gasteiger charge is -2.29. The zero-order valence-electron chi connectivity index (χ0n) is 19.5. The van der Waals surface area contributed by atoms with Crippen molar-refractivity contribution in [2.24, 2.45) is 17.8 Å². The van der Waals surface area contributed by atoms with Gasteiger partial charge in [0, 0.05) is 11.5 Å². The highest BCUT2D eigenvalue weighted by atomic mass is 16.7. The van der Waals surface area contributed by atoms with Crippen LogP contribution in [0.5, 0.6) is 0 Å². The van der Waals surface area contributed by atoms with Crippen molar-refractivity contribution >= 4 is 0 Å². The van der Waals surface area contributed by atoms with Gasteiger partial charge in [0.1, 0.15) is 0 Å². The fourth-order valence-corrected chi connectivity index (χ4v) is 5.04. The highest BCUT2D eigenvalue weighted by molar-refractivity contribution is 5.24.